The normalized spacial score (nSPS) is 11.5. The molecule has 0 aliphatic heterocycles. The van der Waals surface area contributed by atoms with Gasteiger partial charge in [0.1, 0.15) is 0 Å². The van der Waals surface area contributed by atoms with Crippen LogP contribution >= 0.6 is 0 Å². The standard InChI is InChI=1S/2C50H34N2/c1-2-15-42(16-3-1)51(43-28-23-37(24-29-43)41-22-21-35-11-4-5-13-39(35)33-41)45-17-10-14-40(34-45)36-25-30-44(31-26-36)52-48-20-9-8-19-47(48)50-46-18-7-6-12-38(46)27-32-49(50)52;1-2-15-42(16-3-1)51(44-30-25-37(26-31-44)41-22-21-35-11-4-5-13-39(35)33-41)43-28-23-36(24-29-43)40-14-10-17-45(34-40)52-48-20-9-8-19-47(48)50-46-18-7-6-12-38(46)27-32-49(50)52/h2*1-34H. The average molecular weight is 1330 g/mol. The largest absolute Gasteiger partial charge is 0.311 e. The van der Waals surface area contributed by atoms with E-state index in [0.29, 0.717) is 0 Å². The van der Waals surface area contributed by atoms with Gasteiger partial charge in [0.2, 0.25) is 0 Å². The van der Waals surface area contributed by atoms with E-state index in [-0.39, 0.29) is 0 Å². The van der Waals surface area contributed by atoms with Gasteiger partial charge in [-0.05, 0) is 221 Å². The molecule has 0 atom stereocenters. The Morgan fingerprint density at radius 2 is 0.471 bits per heavy atom. The maximum atomic E-state index is 2.41. The molecular formula is C100H68N4. The maximum absolute atomic E-state index is 2.41. The van der Waals surface area contributed by atoms with E-state index in [4.69, 9.17) is 0 Å². The summed E-state index contributed by atoms with van der Waals surface area (Å²) in [5.74, 6) is 0. The quantitative estimate of drug-likeness (QED) is 0.121. The highest BCUT2D eigenvalue weighted by Gasteiger charge is 2.20. The number of hydrogen-bond donors (Lipinski definition) is 0. The first-order valence-electron chi connectivity index (χ1n) is 35.7. The van der Waals surface area contributed by atoms with Crippen molar-refractivity contribution in [2.45, 2.75) is 0 Å². The first kappa shape index (κ1) is 61.3. The van der Waals surface area contributed by atoms with Gasteiger partial charge in [-0.25, -0.2) is 0 Å². The fraction of sp³-hybridized carbons (Fsp3) is 0. The maximum Gasteiger partial charge on any atom is 0.0547 e. The molecule has 20 rings (SSSR count). The number of anilines is 6. The van der Waals surface area contributed by atoms with Crippen LogP contribution in [0.1, 0.15) is 0 Å². The molecule has 488 valence electrons. The van der Waals surface area contributed by atoms with E-state index in [1.54, 1.807) is 0 Å². The third kappa shape index (κ3) is 11.2. The van der Waals surface area contributed by atoms with Crippen molar-refractivity contribution in [1.29, 1.82) is 0 Å². The van der Waals surface area contributed by atoms with Crippen LogP contribution in [0.25, 0.3) is 143 Å². The van der Waals surface area contributed by atoms with Crippen molar-refractivity contribution in [1.82, 2.24) is 9.13 Å². The van der Waals surface area contributed by atoms with Crippen LogP contribution in [0.5, 0.6) is 0 Å². The lowest BCUT2D eigenvalue weighted by atomic mass is 10.0. The minimum atomic E-state index is 1.11. The number of para-hydroxylation sites is 4. The molecule has 0 unspecified atom stereocenters. The number of aromatic nitrogens is 2. The van der Waals surface area contributed by atoms with Gasteiger partial charge < -0.3 is 18.9 Å². The zero-order chi connectivity index (χ0) is 68.9. The van der Waals surface area contributed by atoms with Crippen LogP contribution in [0.4, 0.5) is 34.1 Å². The number of hydrogen-bond acceptors (Lipinski definition) is 2. The molecule has 0 radical (unpaired) electrons. The zero-order valence-electron chi connectivity index (χ0n) is 57.0. The van der Waals surface area contributed by atoms with Crippen LogP contribution in [-0.4, -0.2) is 9.13 Å². The van der Waals surface area contributed by atoms with Crippen molar-refractivity contribution >= 4 is 121 Å². The van der Waals surface area contributed by atoms with Gasteiger partial charge in [0, 0.05) is 67.0 Å². The van der Waals surface area contributed by atoms with Crippen molar-refractivity contribution in [3.63, 3.8) is 0 Å². The Morgan fingerprint density at radius 1 is 0.154 bits per heavy atom. The second-order valence-corrected chi connectivity index (χ2v) is 26.8. The molecule has 0 amide bonds. The topological polar surface area (TPSA) is 16.3 Å². The first-order chi connectivity index (χ1) is 51.6. The van der Waals surface area contributed by atoms with Gasteiger partial charge in [-0.15, -0.1) is 0 Å². The number of benzene rings is 18. The number of nitrogens with zero attached hydrogens (tertiary/aromatic N) is 4. The molecule has 0 bridgehead atoms. The van der Waals surface area contributed by atoms with Crippen molar-refractivity contribution in [3.05, 3.63) is 413 Å². The summed E-state index contributed by atoms with van der Waals surface area (Å²) >= 11 is 0. The Bertz CT molecular complexity index is 6570. The van der Waals surface area contributed by atoms with Gasteiger partial charge >= 0.3 is 0 Å². The van der Waals surface area contributed by atoms with Gasteiger partial charge in [-0.3, -0.25) is 0 Å². The summed E-state index contributed by atoms with van der Waals surface area (Å²) in [4.78, 5) is 4.66. The molecule has 0 aliphatic carbocycles. The minimum Gasteiger partial charge on any atom is -0.311 e. The Balaban J connectivity index is 0.000000143. The molecule has 0 aliphatic rings. The van der Waals surface area contributed by atoms with Crippen LogP contribution in [0.15, 0.2) is 413 Å². The number of fused-ring (bicyclic) bond motifs is 12. The van der Waals surface area contributed by atoms with Gasteiger partial charge in [-0.2, -0.15) is 0 Å². The summed E-state index contributed by atoms with van der Waals surface area (Å²) in [5.41, 5.74) is 23.4. The van der Waals surface area contributed by atoms with E-state index in [9.17, 15) is 0 Å². The molecule has 4 nitrogen and oxygen atoms in total. The SMILES string of the molecule is c1ccc(N(c2ccc(-c3ccc4ccccc4c3)cc2)c2cccc(-c3ccc(-n4c5ccccc5c5c6ccccc6ccc54)cc3)c2)cc1.c1ccc(N(c2ccc(-c3cccc(-n4c5ccccc5c5c6ccccc6ccc54)c3)cc2)c2ccc(-c3ccc4ccccc4c3)cc2)cc1. The van der Waals surface area contributed by atoms with Gasteiger partial charge in [-0.1, -0.05) is 279 Å². The second kappa shape index (κ2) is 26.4. The lowest BCUT2D eigenvalue weighted by molar-refractivity contribution is 1.18. The van der Waals surface area contributed by atoms with Crippen molar-refractivity contribution < 1.29 is 0 Å². The molecular weight excluding hydrogens is 1260 g/mol. The fourth-order valence-electron chi connectivity index (χ4n) is 15.7. The first-order valence-corrected chi connectivity index (χ1v) is 35.7. The van der Waals surface area contributed by atoms with E-state index in [1.807, 2.05) is 0 Å². The zero-order valence-corrected chi connectivity index (χ0v) is 57.0. The summed E-state index contributed by atoms with van der Waals surface area (Å²) in [5, 5.41) is 15.3. The molecule has 0 saturated heterocycles. The smallest absolute Gasteiger partial charge is 0.0547 e. The summed E-state index contributed by atoms with van der Waals surface area (Å²) in [7, 11) is 0. The van der Waals surface area contributed by atoms with Gasteiger partial charge in [0.15, 0.2) is 0 Å². The van der Waals surface area contributed by atoms with Crippen molar-refractivity contribution in [3.8, 4) is 55.9 Å². The van der Waals surface area contributed by atoms with E-state index in [0.717, 1.165) is 45.5 Å². The molecule has 0 spiro atoms. The lowest BCUT2D eigenvalue weighted by Gasteiger charge is -2.26. The van der Waals surface area contributed by atoms with Crippen LogP contribution < -0.4 is 9.80 Å². The predicted octanol–water partition coefficient (Wildman–Crippen LogP) is 27.8. The fourth-order valence-corrected chi connectivity index (χ4v) is 15.7. The molecule has 20 aromatic rings. The van der Waals surface area contributed by atoms with Gasteiger partial charge in [0.25, 0.3) is 0 Å². The Kier molecular flexibility index (Phi) is 15.5. The highest BCUT2D eigenvalue weighted by atomic mass is 15.1. The third-order valence-electron chi connectivity index (χ3n) is 20.7. The van der Waals surface area contributed by atoms with Gasteiger partial charge in [0.05, 0.1) is 22.1 Å². The van der Waals surface area contributed by atoms with Crippen LogP contribution in [0.2, 0.25) is 0 Å². The number of rotatable bonds is 12. The van der Waals surface area contributed by atoms with Crippen LogP contribution in [-0.2, 0) is 0 Å². The minimum absolute atomic E-state index is 1.11. The molecule has 0 fully saturated rings. The molecule has 2 heterocycles. The van der Waals surface area contributed by atoms with Crippen LogP contribution in [0, 0.1) is 0 Å². The van der Waals surface area contributed by atoms with Crippen molar-refractivity contribution in [2.75, 3.05) is 9.80 Å². The van der Waals surface area contributed by atoms with E-state index < -0.39 is 0 Å². The summed E-state index contributed by atoms with van der Waals surface area (Å²) in [6.45, 7) is 0. The lowest BCUT2D eigenvalue weighted by Crippen LogP contribution is -2.09. The summed E-state index contributed by atoms with van der Waals surface area (Å²) in [6, 6.07) is 149. The predicted molar refractivity (Wildman–Crippen MR) is 443 cm³/mol. The summed E-state index contributed by atoms with van der Waals surface area (Å²) < 4.78 is 4.81. The molecule has 0 N–H and O–H groups in total. The Morgan fingerprint density at radius 3 is 0.942 bits per heavy atom. The molecule has 4 heteroatoms. The summed E-state index contributed by atoms with van der Waals surface area (Å²) in [6.07, 6.45) is 0. The monoisotopic (exact) mass is 1320 g/mol. The van der Waals surface area contributed by atoms with Crippen molar-refractivity contribution in [2.24, 2.45) is 0 Å². The molecule has 18 aromatic carbocycles. The Hall–Kier alpha value is -13.8. The highest BCUT2D eigenvalue weighted by Crippen LogP contribution is 2.43. The molecule has 2 aromatic heterocycles. The Labute approximate surface area is 604 Å². The third-order valence-corrected chi connectivity index (χ3v) is 20.7. The highest BCUT2D eigenvalue weighted by molar-refractivity contribution is 6.22. The molecule has 0 saturated carbocycles. The average Bonchev–Trinajstić information content (AvgIpc) is 1.58. The van der Waals surface area contributed by atoms with Crippen LogP contribution in [0.3, 0.4) is 0 Å². The second-order valence-electron chi connectivity index (χ2n) is 26.8. The van der Waals surface area contributed by atoms with E-state index in [2.05, 4.69) is 431 Å². The molecule has 104 heavy (non-hydrogen) atoms. The van der Waals surface area contributed by atoms with E-state index >= 15 is 0 Å². The van der Waals surface area contributed by atoms with E-state index in [1.165, 1.54) is 131 Å².